The molecule has 2 saturated carbocycles. The van der Waals surface area contributed by atoms with Gasteiger partial charge in [0.1, 0.15) is 5.82 Å². The second kappa shape index (κ2) is 10.1. The van der Waals surface area contributed by atoms with Crippen molar-refractivity contribution in [2.24, 2.45) is 10.9 Å². The second-order valence-corrected chi connectivity index (χ2v) is 8.44. The van der Waals surface area contributed by atoms with Gasteiger partial charge in [0.15, 0.2) is 5.96 Å². The van der Waals surface area contributed by atoms with Gasteiger partial charge in [-0.1, -0.05) is 37.5 Å². The number of hydrogen-bond acceptors (Lipinski definition) is 2. The van der Waals surface area contributed by atoms with Crippen molar-refractivity contribution < 1.29 is 9.18 Å². The monoisotopic (exact) mass is 514 g/mol. The molecule has 5 nitrogen and oxygen atoms in total. The van der Waals surface area contributed by atoms with Crippen LogP contribution in [0.3, 0.4) is 0 Å². The van der Waals surface area contributed by atoms with Crippen molar-refractivity contribution in [3.8, 4) is 0 Å². The summed E-state index contributed by atoms with van der Waals surface area (Å²) in [5, 5.41) is 6.88. The molecule has 1 saturated heterocycles. The summed E-state index contributed by atoms with van der Waals surface area (Å²) in [4.78, 5) is 19.1. The number of carbonyl (C=O) groups is 1. The van der Waals surface area contributed by atoms with Gasteiger partial charge in [-0.05, 0) is 37.3 Å². The van der Waals surface area contributed by atoms with Crippen molar-refractivity contribution in [2.75, 3.05) is 20.1 Å². The Morgan fingerprint density at radius 2 is 1.90 bits per heavy atom. The van der Waals surface area contributed by atoms with Crippen molar-refractivity contribution in [3.63, 3.8) is 0 Å². The number of benzene rings is 1. The topological polar surface area (TPSA) is 56.7 Å². The van der Waals surface area contributed by atoms with Crippen LogP contribution in [0.4, 0.5) is 4.39 Å². The Kier molecular flexibility index (Phi) is 7.76. The first-order valence-corrected chi connectivity index (χ1v) is 10.7. The highest BCUT2D eigenvalue weighted by Gasteiger charge is 2.41. The molecule has 0 bridgehead atoms. The van der Waals surface area contributed by atoms with Crippen LogP contribution in [0.2, 0.25) is 0 Å². The molecule has 3 atom stereocenters. The number of aliphatic imine (C=N–C) groups is 1. The third-order valence-electron chi connectivity index (χ3n) is 6.44. The van der Waals surface area contributed by atoms with E-state index in [0.717, 1.165) is 50.3 Å². The zero-order valence-electron chi connectivity index (χ0n) is 17.1. The Bertz CT molecular complexity index is 737. The largest absolute Gasteiger partial charge is 0.353 e. The molecule has 1 aliphatic heterocycles. The predicted octanol–water partition coefficient (Wildman–Crippen LogP) is 3.65. The first kappa shape index (κ1) is 22.3. The van der Waals surface area contributed by atoms with Gasteiger partial charge < -0.3 is 15.5 Å². The summed E-state index contributed by atoms with van der Waals surface area (Å²) < 4.78 is 14.0. The van der Waals surface area contributed by atoms with Crippen molar-refractivity contribution in [1.29, 1.82) is 0 Å². The highest BCUT2D eigenvalue weighted by Crippen LogP contribution is 2.41. The third kappa shape index (κ3) is 5.41. The van der Waals surface area contributed by atoms with E-state index in [1.807, 2.05) is 17.0 Å². The van der Waals surface area contributed by atoms with Crippen LogP contribution in [0.15, 0.2) is 29.3 Å². The molecular weight excluding hydrogens is 482 g/mol. The number of guanidine groups is 1. The molecule has 4 rings (SSSR count). The summed E-state index contributed by atoms with van der Waals surface area (Å²) in [7, 11) is 1.76. The maximum absolute atomic E-state index is 14.0. The molecule has 0 radical (unpaired) electrons. The maximum atomic E-state index is 14.0. The molecule has 0 aromatic heterocycles. The fourth-order valence-corrected chi connectivity index (χ4v) is 4.70. The van der Waals surface area contributed by atoms with E-state index in [4.69, 9.17) is 0 Å². The summed E-state index contributed by atoms with van der Waals surface area (Å²) in [6.45, 7) is 1.57. The number of halogens is 2. The average Bonchev–Trinajstić information content (AvgIpc) is 3.33. The van der Waals surface area contributed by atoms with Crippen LogP contribution in [0, 0.1) is 11.7 Å². The number of likely N-dealkylation sites (tertiary alicyclic amines) is 1. The van der Waals surface area contributed by atoms with E-state index in [-0.39, 0.29) is 53.7 Å². The van der Waals surface area contributed by atoms with E-state index in [2.05, 4.69) is 15.6 Å². The molecule has 3 fully saturated rings. The fraction of sp³-hybridized carbons (Fsp3) is 0.636. The predicted molar refractivity (Wildman–Crippen MR) is 124 cm³/mol. The molecule has 3 unspecified atom stereocenters. The van der Waals surface area contributed by atoms with Crippen LogP contribution in [0.5, 0.6) is 0 Å². The van der Waals surface area contributed by atoms with Crippen molar-refractivity contribution in [1.82, 2.24) is 15.5 Å². The van der Waals surface area contributed by atoms with Crippen LogP contribution in [-0.2, 0) is 4.79 Å². The molecular formula is C22H32FIN4O. The van der Waals surface area contributed by atoms with Gasteiger partial charge in [0.2, 0.25) is 5.91 Å². The van der Waals surface area contributed by atoms with Crippen LogP contribution >= 0.6 is 24.0 Å². The van der Waals surface area contributed by atoms with E-state index in [0.29, 0.717) is 5.91 Å². The number of carbonyl (C=O) groups excluding carboxylic acids is 1. The Balaban J connectivity index is 0.00000240. The lowest BCUT2D eigenvalue weighted by Crippen LogP contribution is -2.46. The SMILES string of the molecule is CN=C(NC1CCN(C(=O)C2CCCCC2)C1)NC1CC1c1ccccc1F.I. The highest BCUT2D eigenvalue weighted by molar-refractivity contribution is 14.0. The molecule has 29 heavy (non-hydrogen) atoms. The van der Waals surface area contributed by atoms with E-state index < -0.39 is 0 Å². The second-order valence-electron chi connectivity index (χ2n) is 8.44. The molecule has 1 aromatic rings. The van der Waals surface area contributed by atoms with E-state index in [1.54, 1.807) is 13.1 Å². The smallest absolute Gasteiger partial charge is 0.225 e. The van der Waals surface area contributed by atoms with Crippen molar-refractivity contribution >= 4 is 35.8 Å². The quantitative estimate of drug-likeness (QED) is 0.367. The normalized spacial score (nSPS) is 27.3. The molecule has 7 heteroatoms. The summed E-state index contributed by atoms with van der Waals surface area (Å²) in [6.07, 6.45) is 7.61. The molecule has 2 N–H and O–H groups in total. The highest BCUT2D eigenvalue weighted by atomic mass is 127. The van der Waals surface area contributed by atoms with Gasteiger partial charge in [0, 0.05) is 44.1 Å². The molecule has 1 heterocycles. The first-order chi connectivity index (χ1) is 13.7. The van der Waals surface area contributed by atoms with Gasteiger partial charge in [-0.2, -0.15) is 0 Å². The van der Waals surface area contributed by atoms with Crippen LogP contribution in [0.25, 0.3) is 0 Å². The van der Waals surface area contributed by atoms with E-state index in [9.17, 15) is 9.18 Å². The van der Waals surface area contributed by atoms with Gasteiger partial charge in [-0.3, -0.25) is 9.79 Å². The average molecular weight is 514 g/mol. The summed E-state index contributed by atoms with van der Waals surface area (Å²) >= 11 is 0. The maximum Gasteiger partial charge on any atom is 0.225 e. The number of rotatable bonds is 4. The molecule has 1 amide bonds. The molecule has 160 valence electrons. The lowest BCUT2D eigenvalue weighted by Gasteiger charge is -2.26. The first-order valence-electron chi connectivity index (χ1n) is 10.7. The molecule has 2 aliphatic carbocycles. The minimum atomic E-state index is -0.132. The minimum Gasteiger partial charge on any atom is -0.353 e. The Hall–Kier alpha value is -1.38. The zero-order valence-corrected chi connectivity index (χ0v) is 19.4. The number of amides is 1. The van der Waals surface area contributed by atoms with Gasteiger partial charge in [-0.25, -0.2) is 4.39 Å². The third-order valence-corrected chi connectivity index (χ3v) is 6.44. The molecule has 1 aromatic carbocycles. The van der Waals surface area contributed by atoms with Crippen molar-refractivity contribution in [2.45, 2.75) is 62.9 Å². The van der Waals surface area contributed by atoms with E-state index in [1.165, 1.54) is 25.3 Å². The van der Waals surface area contributed by atoms with Crippen LogP contribution in [-0.4, -0.2) is 49.0 Å². The summed E-state index contributed by atoms with van der Waals surface area (Å²) in [5.74, 6) is 1.40. The Labute approximate surface area is 189 Å². The van der Waals surface area contributed by atoms with Gasteiger partial charge in [-0.15, -0.1) is 24.0 Å². The van der Waals surface area contributed by atoms with Gasteiger partial charge in [0.05, 0.1) is 0 Å². The number of hydrogen-bond donors (Lipinski definition) is 2. The Morgan fingerprint density at radius 1 is 1.14 bits per heavy atom. The lowest BCUT2D eigenvalue weighted by molar-refractivity contribution is -0.135. The lowest BCUT2D eigenvalue weighted by atomic mass is 9.88. The van der Waals surface area contributed by atoms with Crippen LogP contribution < -0.4 is 10.6 Å². The molecule has 0 spiro atoms. The summed E-state index contributed by atoms with van der Waals surface area (Å²) in [5.41, 5.74) is 0.778. The molecule has 3 aliphatic rings. The minimum absolute atomic E-state index is 0. The number of nitrogens with one attached hydrogen (secondary N) is 2. The fourth-order valence-electron chi connectivity index (χ4n) is 4.70. The van der Waals surface area contributed by atoms with Gasteiger partial charge in [0.25, 0.3) is 0 Å². The van der Waals surface area contributed by atoms with Crippen molar-refractivity contribution in [3.05, 3.63) is 35.6 Å². The van der Waals surface area contributed by atoms with E-state index >= 15 is 0 Å². The number of nitrogens with zero attached hydrogens (tertiary/aromatic N) is 2. The summed E-state index contributed by atoms with van der Waals surface area (Å²) in [6, 6.07) is 7.44. The van der Waals surface area contributed by atoms with Gasteiger partial charge >= 0.3 is 0 Å². The Morgan fingerprint density at radius 3 is 2.62 bits per heavy atom. The zero-order chi connectivity index (χ0) is 19.5. The van der Waals surface area contributed by atoms with Crippen LogP contribution in [0.1, 0.15) is 56.4 Å². The standard InChI is InChI=1S/C22H31FN4O.HI/c1-24-22(26-20-13-18(20)17-9-5-6-10-19(17)23)25-16-11-12-27(14-16)21(28)15-7-3-2-4-8-15;/h5-6,9-10,15-16,18,20H,2-4,7-8,11-14H2,1H3,(H2,24,25,26);1H.